The number of halogens is 3. The highest BCUT2D eigenvalue weighted by Gasteiger charge is 2.41. The smallest absolute Gasteiger partial charge is 0.348 e. The first-order chi connectivity index (χ1) is 6.19. The number of carbonyl (C=O) groups excluding carboxylic acids is 1. The van der Waals surface area contributed by atoms with Gasteiger partial charge in [-0.2, -0.15) is 0 Å². The third-order valence-corrected chi connectivity index (χ3v) is 2.30. The predicted molar refractivity (Wildman–Crippen MR) is 51.7 cm³/mol. The topological polar surface area (TPSA) is 91.7 Å². The fourth-order valence-corrected chi connectivity index (χ4v) is 0.690. The molecule has 0 aliphatic carbocycles. The average Bonchev–Trinajstić information content (AvgIpc) is 2.03. The van der Waals surface area contributed by atoms with Crippen LogP contribution in [0.25, 0.3) is 0 Å². The zero-order valence-corrected chi connectivity index (χ0v) is 9.43. The van der Waals surface area contributed by atoms with Gasteiger partial charge >= 0.3 is 11.9 Å². The molecule has 14 heavy (non-hydrogen) atoms. The molecule has 0 bridgehead atoms. The summed E-state index contributed by atoms with van der Waals surface area (Å²) in [7, 11) is 0. The van der Waals surface area contributed by atoms with Crippen LogP contribution in [0.15, 0.2) is 10.6 Å². The molecule has 0 saturated heterocycles. The van der Waals surface area contributed by atoms with Crippen molar-refractivity contribution in [3.05, 3.63) is 10.6 Å². The maximum absolute atomic E-state index is 11.0. The van der Waals surface area contributed by atoms with Crippen LogP contribution in [0.4, 0.5) is 0 Å². The lowest BCUT2D eigenvalue weighted by Crippen LogP contribution is -2.34. The van der Waals surface area contributed by atoms with Gasteiger partial charge in [0.15, 0.2) is 0 Å². The van der Waals surface area contributed by atoms with E-state index in [2.05, 4.69) is 15.9 Å². The van der Waals surface area contributed by atoms with Gasteiger partial charge in [-0.15, -0.1) is 0 Å². The Hall–Kier alpha value is -0.590. The Bertz CT molecular complexity index is 322. The Labute approximate surface area is 96.4 Å². The van der Waals surface area contributed by atoms with Crippen molar-refractivity contribution in [1.29, 1.82) is 0 Å². The third-order valence-electron chi connectivity index (χ3n) is 1.04. The number of aliphatic carboxylic acids is 2. The van der Waals surface area contributed by atoms with E-state index in [4.69, 9.17) is 33.4 Å². The quantitative estimate of drug-likeness (QED) is 0.462. The first-order valence-corrected chi connectivity index (χ1v) is 4.50. The van der Waals surface area contributed by atoms with E-state index >= 15 is 0 Å². The van der Waals surface area contributed by atoms with Crippen LogP contribution >= 0.6 is 39.1 Å². The number of hydrogen-bond acceptors (Lipinski definition) is 3. The fraction of sp³-hybridized carbons (Fsp3) is 0.167. The van der Waals surface area contributed by atoms with Crippen LogP contribution in [0.1, 0.15) is 0 Å². The van der Waals surface area contributed by atoms with E-state index < -0.39 is 26.5 Å². The summed E-state index contributed by atoms with van der Waals surface area (Å²) in [6.07, 6.45) is 0.483. The van der Waals surface area contributed by atoms with Crippen molar-refractivity contribution in [2.45, 2.75) is 4.33 Å². The van der Waals surface area contributed by atoms with Gasteiger partial charge in [0.2, 0.25) is 5.78 Å². The summed E-state index contributed by atoms with van der Waals surface area (Å²) in [4.78, 5) is 31.6. The molecule has 78 valence electrons. The van der Waals surface area contributed by atoms with Crippen molar-refractivity contribution in [2.24, 2.45) is 0 Å². The van der Waals surface area contributed by atoms with Crippen LogP contribution in [0.5, 0.6) is 0 Å². The van der Waals surface area contributed by atoms with Gasteiger partial charge in [-0.25, -0.2) is 9.59 Å². The Morgan fingerprint density at radius 1 is 1.21 bits per heavy atom. The second-order valence-corrected chi connectivity index (χ2v) is 4.22. The van der Waals surface area contributed by atoms with Crippen molar-refractivity contribution in [3.8, 4) is 0 Å². The molecule has 0 aliphatic heterocycles. The number of carboxylic acid groups (broad SMARTS) is 2. The van der Waals surface area contributed by atoms with E-state index in [0.29, 0.717) is 6.08 Å². The number of ketones is 1. The third kappa shape index (κ3) is 3.28. The summed E-state index contributed by atoms with van der Waals surface area (Å²) in [5, 5.41) is 16.7. The van der Waals surface area contributed by atoms with Crippen LogP contribution in [0.3, 0.4) is 0 Å². The zero-order chi connectivity index (χ0) is 11.5. The number of carbonyl (C=O) groups is 3. The second-order valence-electron chi connectivity index (χ2n) is 2.04. The molecule has 0 aromatic rings. The minimum absolute atomic E-state index is 0.483. The van der Waals surface area contributed by atoms with Crippen LogP contribution in [0.2, 0.25) is 0 Å². The van der Waals surface area contributed by atoms with Crippen LogP contribution < -0.4 is 0 Å². The van der Waals surface area contributed by atoms with Crippen molar-refractivity contribution in [3.63, 3.8) is 0 Å². The molecule has 0 aromatic heterocycles. The molecule has 0 rings (SSSR count). The minimum atomic E-state index is -2.67. The fourth-order valence-electron chi connectivity index (χ4n) is 0.373. The van der Waals surface area contributed by atoms with E-state index in [1.54, 1.807) is 0 Å². The van der Waals surface area contributed by atoms with Crippen molar-refractivity contribution in [1.82, 2.24) is 0 Å². The first kappa shape index (κ1) is 13.4. The lowest BCUT2D eigenvalue weighted by atomic mass is 10.2. The average molecular weight is 306 g/mol. The maximum atomic E-state index is 11.0. The Balaban J connectivity index is 4.91. The molecule has 0 spiro atoms. The summed E-state index contributed by atoms with van der Waals surface area (Å²) in [5.41, 5.74) is 0. The number of rotatable bonds is 4. The molecular weight excluding hydrogens is 303 g/mol. The van der Waals surface area contributed by atoms with E-state index in [1.807, 2.05) is 0 Å². The van der Waals surface area contributed by atoms with Crippen molar-refractivity contribution in [2.75, 3.05) is 0 Å². The Morgan fingerprint density at radius 2 is 1.64 bits per heavy atom. The van der Waals surface area contributed by atoms with E-state index in [0.717, 1.165) is 0 Å². The predicted octanol–water partition coefficient (Wildman–Crippen LogP) is 1.18. The maximum Gasteiger partial charge on any atom is 0.348 e. The van der Waals surface area contributed by atoms with Gasteiger partial charge in [-0.05, 0) is 15.9 Å². The van der Waals surface area contributed by atoms with Gasteiger partial charge in [0.25, 0.3) is 4.33 Å². The van der Waals surface area contributed by atoms with E-state index in [9.17, 15) is 14.4 Å². The van der Waals surface area contributed by atoms with Gasteiger partial charge in [0, 0.05) is 6.08 Å². The largest absolute Gasteiger partial charge is 0.479 e. The second kappa shape index (κ2) is 4.77. The lowest BCUT2D eigenvalue weighted by Gasteiger charge is -2.09. The molecule has 5 nitrogen and oxygen atoms in total. The molecule has 0 fully saturated rings. The molecule has 0 radical (unpaired) electrons. The van der Waals surface area contributed by atoms with Gasteiger partial charge in [0.05, 0.1) is 0 Å². The van der Waals surface area contributed by atoms with Gasteiger partial charge in [-0.1, -0.05) is 23.2 Å². The lowest BCUT2D eigenvalue weighted by molar-refractivity contribution is -0.140. The molecule has 8 heteroatoms. The normalized spacial score (nSPS) is 12.4. The van der Waals surface area contributed by atoms with Gasteiger partial charge in [-0.3, -0.25) is 4.79 Å². The summed E-state index contributed by atoms with van der Waals surface area (Å²) >= 11 is 12.8. The number of carboxylic acids is 2. The highest BCUT2D eigenvalue weighted by molar-refractivity contribution is 9.12. The van der Waals surface area contributed by atoms with E-state index in [1.165, 1.54) is 0 Å². The molecule has 0 saturated carbocycles. The van der Waals surface area contributed by atoms with Crippen LogP contribution in [0, 0.1) is 0 Å². The molecule has 0 aliphatic rings. The first-order valence-electron chi connectivity index (χ1n) is 2.95. The standard InChI is InChI=1S/C6H3BrCl2O5/c7-2(4(11)12)1-3(10)6(8,9)5(13)14/h1H,(H,11,12)(H,13,14). The zero-order valence-electron chi connectivity index (χ0n) is 6.33. The molecule has 0 amide bonds. The molecule has 0 heterocycles. The number of allylic oxidation sites excluding steroid dienone is 1. The van der Waals surface area contributed by atoms with Crippen molar-refractivity contribution >= 4 is 56.9 Å². The SMILES string of the molecule is O=C(O)C(Br)=CC(=O)C(Cl)(Cl)C(=O)O. The van der Waals surface area contributed by atoms with Gasteiger partial charge < -0.3 is 10.2 Å². The molecular formula is C6H3BrCl2O5. The van der Waals surface area contributed by atoms with Crippen LogP contribution in [-0.2, 0) is 14.4 Å². The Kier molecular flexibility index (Phi) is 4.57. The minimum Gasteiger partial charge on any atom is -0.479 e. The van der Waals surface area contributed by atoms with Crippen molar-refractivity contribution < 1.29 is 24.6 Å². The number of alkyl halides is 2. The monoisotopic (exact) mass is 304 g/mol. The summed E-state index contributed by atoms with van der Waals surface area (Å²) in [5.74, 6) is -4.46. The molecule has 0 atom stereocenters. The molecule has 2 N–H and O–H groups in total. The highest BCUT2D eigenvalue weighted by Crippen LogP contribution is 2.24. The molecule has 0 aromatic carbocycles. The van der Waals surface area contributed by atoms with E-state index in [-0.39, 0.29) is 0 Å². The van der Waals surface area contributed by atoms with Gasteiger partial charge in [0.1, 0.15) is 4.48 Å². The Morgan fingerprint density at radius 3 is 1.93 bits per heavy atom. The molecule has 0 unspecified atom stereocenters. The summed E-state index contributed by atoms with van der Waals surface area (Å²) in [6, 6.07) is 0. The highest BCUT2D eigenvalue weighted by atomic mass is 79.9. The summed E-state index contributed by atoms with van der Waals surface area (Å²) in [6.45, 7) is 0. The number of hydrogen-bond donors (Lipinski definition) is 2. The van der Waals surface area contributed by atoms with Crippen LogP contribution in [-0.4, -0.2) is 32.3 Å². The summed E-state index contributed by atoms with van der Waals surface area (Å²) < 4.78 is -3.21.